The second kappa shape index (κ2) is 8.50. The molecule has 0 unspecified atom stereocenters. The van der Waals surface area contributed by atoms with Crippen LogP contribution in [0.2, 0.25) is 0 Å². The molecule has 7 aromatic rings. The van der Waals surface area contributed by atoms with Gasteiger partial charge in [-0.05, 0) is 74.2 Å². The zero-order valence-electron chi connectivity index (χ0n) is 23.2. The Labute approximate surface area is 254 Å². The summed E-state index contributed by atoms with van der Waals surface area (Å²) >= 11 is 1.88. The molecular weight excluding hydrogens is 541 g/mol. The van der Waals surface area contributed by atoms with Crippen molar-refractivity contribution in [3.8, 4) is 44.9 Å². The van der Waals surface area contributed by atoms with Gasteiger partial charge in [-0.2, -0.15) is 0 Å². The Hall–Kier alpha value is -5.05. The maximum Gasteiger partial charge on any atom is 0.132 e. The molecule has 0 saturated carbocycles. The summed E-state index contributed by atoms with van der Waals surface area (Å²) in [6.45, 7) is 0. The number of rotatable bonds is 1. The van der Waals surface area contributed by atoms with Gasteiger partial charge in [-0.15, -0.1) is 0 Å². The van der Waals surface area contributed by atoms with Crippen molar-refractivity contribution in [3.05, 3.63) is 168 Å². The number of ether oxygens (including phenoxy) is 1. The van der Waals surface area contributed by atoms with E-state index in [1.54, 1.807) is 0 Å². The fourth-order valence-corrected chi connectivity index (χ4v) is 9.07. The zero-order valence-corrected chi connectivity index (χ0v) is 24.0. The van der Waals surface area contributed by atoms with Gasteiger partial charge in [0.05, 0.1) is 5.41 Å². The van der Waals surface area contributed by atoms with Crippen LogP contribution in [0.3, 0.4) is 0 Å². The summed E-state index contributed by atoms with van der Waals surface area (Å²) in [7, 11) is 0. The summed E-state index contributed by atoms with van der Waals surface area (Å²) in [6, 6.07) is 53.3. The Balaban J connectivity index is 1.32. The maximum atomic E-state index is 6.54. The van der Waals surface area contributed by atoms with Crippen molar-refractivity contribution in [1.29, 1.82) is 0 Å². The van der Waals surface area contributed by atoms with Crippen LogP contribution < -0.4 is 4.74 Å². The molecule has 0 fully saturated rings. The van der Waals surface area contributed by atoms with E-state index in [1.165, 1.54) is 76.2 Å². The molecule has 10 rings (SSSR count). The first kappa shape index (κ1) is 23.5. The molecular formula is C41H24OS. The molecule has 43 heavy (non-hydrogen) atoms. The van der Waals surface area contributed by atoms with E-state index in [9.17, 15) is 0 Å². The highest BCUT2D eigenvalue weighted by molar-refractivity contribution is 7.99. The molecule has 7 aromatic carbocycles. The summed E-state index contributed by atoms with van der Waals surface area (Å²) in [6.07, 6.45) is 0. The van der Waals surface area contributed by atoms with Crippen molar-refractivity contribution in [2.75, 3.05) is 0 Å². The Morgan fingerprint density at radius 3 is 1.81 bits per heavy atom. The molecule has 200 valence electrons. The highest BCUT2D eigenvalue weighted by Crippen LogP contribution is 2.63. The van der Waals surface area contributed by atoms with Crippen molar-refractivity contribution in [1.82, 2.24) is 0 Å². The molecule has 2 heteroatoms. The van der Waals surface area contributed by atoms with Crippen LogP contribution in [0.1, 0.15) is 22.3 Å². The lowest BCUT2D eigenvalue weighted by molar-refractivity contribution is 0.436. The summed E-state index contributed by atoms with van der Waals surface area (Å²) in [4.78, 5) is 2.65. The fraction of sp³-hybridized carbons (Fsp3) is 0.0244. The van der Waals surface area contributed by atoms with Gasteiger partial charge < -0.3 is 4.74 Å². The molecule has 0 radical (unpaired) electrons. The topological polar surface area (TPSA) is 9.23 Å². The largest absolute Gasteiger partial charge is 0.457 e. The quantitative estimate of drug-likeness (QED) is 0.196. The Bertz CT molecular complexity index is 2270. The Morgan fingerprint density at radius 1 is 0.395 bits per heavy atom. The third-order valence-corrected chi connectivity index (χ3v) is 10.7. The lowest BCUT2D eigenvalue weighted by atomic mass is 9.66. The van der Waals surface area contributed by atoms with Crippen LogP contribution in [0.15, 0.2) is 155 Å². The molecule has 0 atom stereocenters. The van der Waals surface area contributed by atoms with Crippen LogP contribution in [0.25, 0.3) is 44.2 Å². The van der Waals surface area contributed by atoms with E-state index in [-0.39, 0.29) is 0 Å². The van der Waals surface area contributed by atoms with Crippen molar-refractivity contribution >= 4 is 22.5 Å². The molecule has 0 N–H and O–H groups in total. The van der Waals surface area contributed by atoms with E-state index < -0.39 is 5.41 Å². The number of benzene rings is 7. The van der Waals surface area contributed by atoms with E-state index >= 15 is 0 Å². The van der Waals surface area contributed by atoms with E-state index in [1.807, 2.05) is 11.8 Å². The first-order valence-corrected chi connectivity index (χ1v) is 15.6. The van der Waals surface area contributed by atoms with E-state index in [2.05, 4.69) is 146 Å². The molecule has 0 bridgehead atoms. The van der Waals surface area contributed by atoms with Crippen molar-refractivity contribution in [2.45, 2.75) is 15.2 Å². The molecule has 0 saturated heterocycles. The number of hydrogen-bond acceptors (Lipinski definition) is 2. The standard InChI is InChI=1S/C41H24OS/c1-3-16-31-30(12-1)39-27(25-23-24-38-40-28(25)13-9-14-29(40)26-11-2-8-22-37(26)43-38)15-10-19-34(39)41(31)32-17-4-6-20-35(32)42-36-21-7-5-18-33(36)41/h1-24H. The van der Waals surface area contributed by atoms with Gasteiger partial charge in [0.25, 0.3) is 0 Å². The van der Waals surface area contributed by atoms with Crippen LogP contribution >= 0.6 is 11.8 Å². The molecule has 0 aromatic heterocycles. The van der Waals surface area contributed by atoms with Crippen LogP contribution in [0.5, 0.6) is 11.5 Å². The van der Waals surface area contributed by atoms with Crippen molar-refractivity contribution < 1.29 is 4.74 Å². The highest BCUT2D eigenvalue weighted by atomic mass is 32.2. The minimum absolute atomic E-state index is 0.464. The van der Waals surface area contributed by atoms with Gasteiger partial charge in [-0.25, -0.2) is 0 Å². The van der Waals surface area contributed by atoms with Crippen LogP contribution in [0, 0.1) is 0 Å². The predicted molar refractivity (Wildman–Crippen MR) is 176 cm³/mol. The summed E-state index contributed by atoms with van der Waals surface area (Å²) in [5.74, 6) is 1.85. The summed E-state index contributed by atoms with van der Waals surface area (Å²) in [5.41, 5.74) is 12.4. The first-order valence-electron chi connectivity index (χ1n) is 14.8. The Kier molecular flexibility index (Phi) is 4.65. The molecule has 1 spiro atoms. The number of para-hydroxylation sites is 2. The number of fused-ring (bicyclic) bond motifs is 11. The minimum Gasteiger partial charge on any atom is -0.457 e. The van der Waals surface area contributed by atoms with Crippen LogP contribution in [0.4, 0.5) is 0 Å². The second-order valence-electron chi connectivity index (χ2n) is 11.6. The van der Waals surface area contributed by atoms with Gasteiger partial charge in [-0.1, -0.05) is 133 Å². The van der Waals surface area contributed by atoms with Crippen molar-refractivity contribution in [3.63, 3.8) is 0 Å². The fourth-order valence-electron chi connectivity index (χ4n) is 7.94. The van der Waals surface area contributed by atoms with Gasteiger partial charge in [0.1, 0.15) is 11.5 Å². The molecule has 1 aliphatic carbocycles. The van der Waals surface area contributed by atoms with Crippen LogP contribution in [-0.4, -0.2) is 0 Å². The normalized spacial score (nSPS) is 14.3. The molecule has 0 amide bonds. The second-order valence-corrected chi connectivity index (χ2v) is 12.6. The van der Waals surface area contributed by atoms with E-state index in [4.69, 9.17) is 4.74 Å². The van der Waals surface area contributed by atoms with Gasteiger partial charge in [0.15, 0.2) is 0 Å². The van der Waals surface area contributed by atoms with Gasteiger partial charge in [-0.3, -0.25) is 0 Å². The minimum atomic E-state index is -0.464. The lowest BCUT2D eigenvalue weighted by Gasteiger charge is -2.39. The predicted octanol–water partition coefficient (Wildman–Crippen LogP) is 11.1. The highest BCUT2D eigenvalue weighted by Gasteiger charge is 2.51. The van der Waals surface area contributed by atoms with Gasteiger partial charge >= 0.3 is 0 Å². The number of hydrogen-bond donors (Lipinski definition) is 0. The van der Waals surface area contributed by atoms with Crippen molar-refractivity contribution in [2.24, 2.45) is 0 Å². The van der Waals surface area contributed by atoms with Gasteiger partial charge in [0.2, 0.25) is 0 Å². The van der Waals surface area contributed by atoms with Crippen LogP contribution in [-0.2, 0) is 5.41 Å². The lowest BCUT2D eigenvalue weighted by Crippen LogP contribution is -2.32. The molecule has 2 heterocycles. The molecule has 1 nitrogen and oxygen atoms in total. The van der Waals surface area contributed by atoms with E-state index in [0.29, 0.717) is 0 Å². The molecule has 2 aliphatic heterocycles. The van der Waals surface area contributed by atoms with E-state index in [0.717, 1.165) is 11.5 Å². The molecule has 3 aliphatic rings. The summed E-state index contributed by atoms with van der Waals surface area (Å²) in [5, 5.41) is 2.65. The average molecular weight is 565 g/mol. The van der Waals surface area contributed by atoms with Gasteiger partial charge in [0, 0.05) is 26.3 Å². The maximum absolute atomic E-state index is 6.54. The SMILES string of the molecule is c1ccc2c(c1)Oc1ccccc1C21c2ccccc2-c2c(-c3ccc4c5c(cccc35)-c3ccccc3S4)cccc21. The smallest absolute Gasteiger partial charge is 0.132 e. The zero-order chi connectivity index (χ0) is 28.1. The Morgan fingerprint density at radius 2 is 1.00 bits per heavy atom. The average Bonchev–Trinajstić information content (AvgIpc) is 3.36. The third kappa shape index (κ3) is 2.94. The first-order chi connectivity index (χ1) is 21.3. The monoisotopic (exact) mass is 564 g/mol. The summed E-state index contributed by atoms with van der Waals surface area (Å²) < 4.78 is 6.54. The third-order valence-electron chi connectivity index (χ3n) is 9.56.